The van der Waals surface area contributed by atoms with Crippen LogP contribution < -0.4 is 11.0 Å². The number of aromatic amines is 1. The smallest absolute Gasteiger partial charge is 0.351 e. The molecule has 1 heterocycles. The Morgan fingerprint density at radius 3 is 2.34 bits per heavy atom. The van der Waals surface area contributed by atoms with Crippen LogP contribution in [0.5, 0.6) is 0 Å². The Bertz CT molecular complexity index is 1320. The second-order valence-electron chi connectivity index (χ2n) is 8.84. The first kappa shape index (κ1) is 26.7. The van der Waals surface area contributed by atoms with Crippen molar-refractivity contribution < 1.29 is 18.0 Å². The predicted octanol–water partition coefficient (Wildman–Crippen LogP) is 6.13. The zero-order valence-corrected chi connectivity index (χ0v) is 20.9. The highest BCUT2D eigenvalue weighted by atomic mass is 35.5. The Hall–Kier alpha value is -2.91. The third-order valence-electron chi connectivity index (χ3n) is 5.54. The van der Waals surface area contributed by atoms with Crippen LogP contribution in [0.25, 0.3) is 22.8 Å². The van der Waals surface area contributed by atoms with Crippen molar-refractivity contribution >= 4 is 29.1 Å². The quantitative estimate of drug-likeness (QED) is 0.404. The number of halogens is 5. The molecular formula is C24H23Cl2F3N4O2. The maximum absolute atomic E-state index is 13.1. The molecule has 0 aliphatic rings. The first-order chi connectivity index (χ1) is 16.2. The summed E-state index contributed by atoms with van der Waals surface area (Å²) in [6, 6.07) is 9.81. The van der Waals surface area contributed by atoms with Gasteiger partial charge in [-0.15, -0.1) is 0 Å². The Kier molecular flexibility index (Phi) is 7.62. The maximum atomic E-state index is 13.1. The molecule has 186 valence electrons. The topological polar surface area (TPSA) is 87.7 Å². The molecule has 0 aliphatic carbocycles. The SMILES string of the molecule is CC(C)c1cc(-c2nc(-c3cc(CNC(=O)C(C)(C)C(F)(F)F)ccc3Cl)[nH]c(=O)n2)ccc1Cl. The predicted molar refractivity (Wildman–Crippen MR) is 129 cm³/mol. The number of H-pyrrole nitrogens is 1. The van der Waals surface area contributed by atoms with Gasteiger partial charge in [-0.2, -0.15) is 18.2 Å². The number of benzene rings is 2. The molecule has 0 unspecified atom stereocenters. The number of nitrogens with one attached hydrogen (secondary N) is 2. The van der Waals surface area contributed by atoms with Gasteiger partial charge in [0.1, 0.15) is 11.2 Å². The second-order valence-corrected chi connectivity index (χ2v) is 9.65. The molecule has 0 bridgehead atoms. The summed E-state index contributed by atoms with van der Waals surface area (Å²) in [5.74, 6) is -0.755. The van der Waals surface area contributed by atoms with Gasteiger partial charge in [0.15, 0.2) is 5.82 Å². The lowest BCUT2D eigenvalue weighted by molar-refractivity contribution is -0.211. The van der Waals surface area contributed by atoms with Gasteiger partial charge in [0.2, 0.25) is 5.91 Å². The van der Waals surface area contributed by atoms with E-state index in [1.54, 1.807) is 18.2 Å². The fraction of sp³-hybridized carbons (Fsp3) is 0.333. The lowest BCUT2D eigenvalue weighted by Crippen LogP contribution is -2.46. The van der Waals surface area contributed by atoms with E-state index in [-0.39, 0.29) is 29.1 Å². The molecule has 0 spiro atoms. The van der Waals surface area contributed by atoms with Gasteiger partial charge in [0.05, 0.1) is 5.02 Å². The minimum atomic E-state index is -4.70. The third kappa shape index (κ3) is 5.85. The molecule has 11 heteroatoms. The van der Waals surface area contributed by atoms with Crippen molar-refractivity contribution in [1.29, 1.82) is 0 Å². The van der Waals surface area contributed by atoms with Crippen molar-refractivity contribution in [1.82, 2.24) is 20.3 Å². The van der Waals surface area contributed by atoms with Gasteiger partial charge in [-0.1, -0.05) is 43.1 Å². The minimum Gasteiger partial charge on any atom is -0.351 e. The van der Waals surface area contributed by atoms with E-state index in [1.807, 2.05) is 19.9 Å². The zero-order chi connectivity index (χ0) is 26.1. The molecular weight excluding hydrogens is 504 g/mol. The van der Waals surface area contributed by atoms with Crippen molar-refractivity contribution in [2.45, 2.75) is 46.3 Å². The number of rotatable bonds is 6. The van der Waals surface area contributed by atoms with Crippen molar-refractivity contribution in [3.63, 3.8) is 0 Å². The summed E-state index contributed by atoms with van der Waals surface area (Å²) in [5.41, 5.74) is -0.973. The fourth-order valence-electron chi connectivity index (χ4n) is 3.16. The number of amides is 1. The van der Waals surface area contributed by atoms with Crippen LogP contribution in [0.2, 0.25) is 10.0 Å². The standard InChI is InChI=1S/C24H23Cl2F3N4O2/c1-12(2)15-10-14(6-8-17(15)25)19-31-20(33-22(35)32-19)16-9-13(5-7-18(16)26)11-30-21(34)23(3,4)24(27,28)29/h5-10,12H,11H2,1-4H3,(H,30,34)(H,31,32,33,35). The van der Waals surface area contributed by atoms with Gasteiger partial charge in [-0.05, 0) is 61.2 Å². The average Bonchev–Trinajstić information content (AvgIpc) is 2.77. The number of hydrogen-bond acceptors (Lipinski definition) is 4. The van der Waals surface area contributed by atoms with E-state index >= 15 is 0 Å². The van der Waals surface area contributed by atoms with E-state index in [4.69, 9.17) is 23.2 Å². The summed E-state index contributed by atoms with van der Waals surface area (Å²) in [4.78, 5) is 35.4. The lowest BCUT2D eigenvalue weighted by Gasteiger charge is -2.26. The molecule has 3 aromatic rings. The van der Waals surface area contributed by atoms with Crippen LogP contribution in [0.4, 0.5) is 13.2 Å². The molecule has 0 radical (unpaired) electrons. The van der Waals surface area contributed by atoms with Gasteiger partial charge in [-0.3, -0.25) is 9.78 Å². The van der Waals surface area contributed by atoms with E-state index in [0.717, 1.165) is 19.4 Å². The van der Waals surface area contributed by atoms with Crippen molar-refractivity contribution in [2.75, 3.05) is 0 Å². The molecule has 0 atom stereocenters. The molecule has 0 fully saturated rings. The summed E-state index contributed by atoms with van der Waals surface area (Å²) >= 11 is 12.6. The first-order valence-electron chi connectivity index (χ1n) is 10.6. The van der Waals surface area contributed by atoms with Gasteiger partial charge < -0.3 is 5.32 Å². The summed E-state index contributed by atoms with van der Waals surface area (Å²) in [6.45, 7) is 5.40. The summed E-state index contributed by atoms with van der Waals surface area (Å²) < 4.78 is 39.4. The Labute approximate surface area is 209 Å². The monoisotopic (exact) mass is 526 g/mol. The molecule has 0 saturated heterocycles. The van der Waals surface area contributed by atoms with Crippen LogP contribution >= 0.6 is 23.2 Å². The summed E-state index contributed by atoms with van der Waals surface area (Å²) in [7, 11) is 0. The van der Waals surface area contributed by atoms with Crippen LogP contribution in [0.1, 0.15) is 44.7 Å². The highest BCUT2D eigenvalue weighted by Crippen LogP contribution is 2.37. The molecule has 2 aromatic carbocycles. The number of carbonyl (C=O) groups is 1. The van der Waals surface area contributed by atoms with E-state index in [1.165, 1.54) is 12.1 Å². The van der Waals surface area contributed by atoms with Crippen LogP contribution in [0.15, 0.2) is 41.2 Å². The van der Waals surface area contributed by atoms with Crippen LogP contribution in [0.3, 0.4) is 0 Å². The number of carbonyl (C=O) groups excluding carboxylic acids is 1. The van der Waals surface area contributed by atoms with Gasteiger partial charge >= 0.3 is 11.9 Å². The van der Waals surface area contributed by atoms with Crippen molar-refractivity contribution in [2.24, 2.45) is 5.41 Å². The van der Waals surface area contributed by atoms with E-state index in [0.29, 0.717) is 21.7 Å². The first-order valence-corrected chi connectivity index (χ1v) is 11.4. The summed E-state index contributed by atoms with van der Waals surface area (Å²) in [6.07, 6.45) is -4.70. The van der Waals surface area contributed by atoms with E-state index in [2.05, 4.69) is 20.3 Å². The van der Waals surface area contributed by atoms with E-state index in [9.17, 15) is 22.8 Å². The molecule has 0 aliphatic heterocycles. The maximum Gasteiger partial charge on any atom is 0.402 e. The van der Waals surface area contributed by atoms with Gasteiger partial charge in [0.25, 0.3) is 0 Å². The Morgan fingerprint density at radius 2 is 1.71 bits per heavy atom. The zero-order valence-electron chi connectivity index (χ0n) is 19.3. The number of hydrogen-bond donors (Lipinski definition) is 2. The largest absolute Gasteiger partial charge is 0.402 e. The lowest BCUT2D eigenvalue weighted by atomic mass is 9.91. The van der Waals surface area contributed by atoms with Gasteiger partial charge in [-0.25, -0.2) is 9.78 Å². The Balaban J connectivity index is 1.95. The van der Waals surface area contributed by atoms with Crippen LogP contribution in [-0.4, -0.2) is 27.0 Å². The van der Waals surface area contributed by atoms with Crippen molar-refractivity contribution in [3.8, 4) is 22.8 Å². The van der Waals surface area contributed by atoms with Crippen LogP contribution in [-0.2, 0) is 11.3 Å². The molecule has 35 heavy (non-hydrogen) atoms. The molecule has 2 N–H and O–H groups in total. The summed E-state index contributed by atoms with van der Waals surface area (Å²) in [5, 5.41) is 3.12. The number of aromatic nitrogens is 3. The number of alkyl halides is 3. The number of nitrogens with zero attached hydrogens (tertiary/aromatic N) is 2. The minimum absolute atomic E-state index is 0.120. The molecule has 1 amide bonds. The molecule has 3 rings (SSSR count). The molecule has 0 saturated carbocycles. The van der Waals surface area contributed by atoms with Crippen molar-refractivity contribution in [3.05, 3.63) is 68.1 Å². The second kappa shape index (κ2) is 9.99. The fourth-order valence-corrected chi connectivity index (χ4v) is 3.70. The highest BCUT2D eigenvalue weighted by Gasteiger charge is 2.52. The third-order valence-corrected chi connectivity index (χ3v) is 6.22. The normalized spacial score (nSPS) is 12.2. The van der Waals surface area contributed by atoms with E-state index < -0.39 is 23.2 Å². The highest BCUT2D eigenvalue weighted by molar-refractivity contribution is 6.33. The Morgan fingerprint density at radius 1 is 1.06 bits per heavy atom. The van der Waals surface area contributed by atoms with Gasteiger partial charge in [0, 0.05) is 22.7 Å². The van der Waals surface area contributed by atoms with Crippen LogP contribution in [0, 0.1) is 5.41 Å². The molecule has 6 nitrogen and oxygen atoms in total. The molecule has 1 aromatic heterocycles. The average molecular weight is 527 g/mol.